The molecule has 0 aromatic heterocycles. The monoisotopic (exact) mass is 510 g/mol. The van der Waals surface area contributed by atoms with Crippen LogP contribution in [-0.4, -0.2) is 49.6 Å². The van der Waals surface area contributed by atoms with Crippen molar-refractivity contribution in [1.82, 2.24) is 15.5 Å². The number of halogens is 3. The molecule has 9 heteroatoms. The molecular weight excluding hydrogens is 481 g/mol. The van der Waals surface area contributed by atoms with E-state index in [-0.39, 0.29) is 41.7 Å². The fourth-order valence-electron chi connectivity index (χ4n) is 3.25. The van der Waals surface area contributed by atoms with Gasteiger partial charge >= 0.3 is 6.61 Å². The number of nitrogens with zero attached hydrogens (tertiary/aromatic N) is 2. The van der Waals surface area contributed by atoms with E-state index in [0.29, 0.717) is 31.0 Å². The lowest BCUT2D eigenvalue weighted by Gasteiger charge is -2.27. The molecule has 0 saturated carbocycles. The van der Waals surface area contributed by atoms with Gasteiger partial charge in [0.25, 0.3) is 0 Å². The van der Waals surface area contributed by atoms with E-state index in [9.17, 15) is 13.6 Å². The Hall–Kier alpha value is -1.65. The Morgan fingerprint density at radius 1 is 1.32 bits per heavy atom. The number of guanidine groups is 1. The minimum Gasteiger partial charge on any atom is -0.434 e. The Bertz CT molecular complexity index is 646. The zero-order valence-corrected chi connectivity index (χ0v) is 18.6. The Balaban J connectivity index is 0.00000392. The maximum absolute atomic E-state index is 12.5. The highest BCUT2D eigenvalue weighted by atomic mass is 127. The third-order valence-electron chi connectivity index (χ3n) is 4.65. The molecule has 1 aliphatic rings. The number of carbonyl (C=O) groups is 1. The summed E-state index contributed by atoms with van der Waals surface area (Å²) in [6.07, 6.45) is 3.32. The molecule has 2 rings (SSSR count). The molecule has 1 heterocycles. The molecule has 1 aromatic rings. The van der Waals surface area contributed by atoms with E-state index < -0.39 is 6.61 Å². The predicted molar refractivity (Wildman–Crippen MR) is 116 cm³/mol. The van der Waals surface area contributed by atoms with Crippen molar-refractivity contribution >= 4 is 35.8 Å². The van der Waals surface area contributed by atoms with Crippen molar-refractivity contribution in [1.29, 1.82) is 0 Å². The first kappa shape index (κ1) is 24.4. The van der Waals surface area contributed by atoms with Gasteiger partial charge in [-0.1, -0.05) is 25.1 Å². The number of rotatable bonds is 9. The number of alkyl halides is 2. The Labute approximate surface area is 182 Å². The number of nitrogens with one attached hydrogen (secondary N) is 2. The van der Waals surface area contributed by atoms with Crippen LogP contribution in [-0.2, 0) is 11.3 Å². The van der Waals surface area contributed by atoms with Gasteiger partial charge in [0.2, 0.25) is 5.91 Å². The first-order valence-electron chi connectivity index (χ1n) is 9.31. The van der Waals surface area contributed by atoms with Gasteiger partial charge in [-0.15, -0.1) is 24.0 Å². The Morgan fingerprint density at radius 2 is 2.07 bits per heavy atom. The second kappa shape index (κ2) is 12.7. The van der Waals surface area contributed by atoms with Crippen LogP contribution in [0, 0.1) is 0 Å². The normalized spacial score (nSPS) is 15.4. The van der Waals surface area contributed by atoms with Crippen molar-refractivity contribution in [3.63, 3.8) is 0 Å². The standard InChI is InChI=1S/C19H28F2N4O2.HI/c1-3-15(25-12-6-9-17(25)26)10-11-23-19(22-2)24-13-14-7-4-5-8-16(14)27-18(20)21;/h4-5,7-8,15,18H,3,6,9-13H2,1-2H3,(H2,22,23,24);1H. The minimum atomic E-state index is -2.86. The molecule has 2 N–H and O–H groups in total. The maximum Gasteiger partial charge on any atom is 0.387 e. The average molecular weight is 510 g/mol. The first-order chi connectivity index (χ1) is 13.0. The molecule has 158 valence electrons. The van der Waals surface area contributed by atoms with E-state index in [1.807, 2.05) is 4.90 Å². The van der Waals surface area contributed by atoms with Gasteiger partial charge in [-0.3, -0.25) is 9.79 Å². The minimum absolute atomic E-state index is 0. The van der Waals surface area contributed by atoms with Crippen LogP contribution in [0.2, 0.25) is 0 Å². The summed E-state index contributed by atoms with van der Waals surface area (Å²) in [6.45, 7) is 1.04. The molecule has 0 radical (unpaired) electrons. The van der Waals surface area contributed by atoms with Crippen LogP contribution in [0.15, 0.2) is 29.3 Å². The van der Waals surface area contributed by atoms with Crippen LogP contribution < -0.4 is 15.4 Å². The van der Waals surface area contributed by atoms with Crippen molar-refractivity contribution in [2.75, 3.05) is 20.1 Å². The number of para-hydroxylation sites is 1. The number of ether oxygens (including phenoxy) is 1. The van der Waals surface area contributed by atoms with Gasteiger partial charge in [0.05, 0.1) is 0 Å². The summed E-state index contributed by atoms with van der Waals surface area (Å²) in [5, 5.41) is 6.32. The summed E-state index contributed by atoms with van der Waals surface area (Å²) >= 11 is 0. The van der Waals surface area contributed by atoms with E-state index in [1.54, 1.807) is 25.2 Å². The summed E-state index contributed by atoms with van der Waals surface area (Å²) in [4.78, 5) is 18.0. The maximum atomic E-state index is 12.5. The molecule has 0 aliphatic carbocycles. The molecule has 1 aromatic carbocycles. The van der Waals surface area contributed by atoms with Crippen LogP contribution in [0.1, 0.15) is 38.2 Å². The van der Waals surface area contributed by atoms with E-state index >= 15 is 0 Å². The lowest BCUT2D eigenvalue weighted by Crippen LogP contribution is -2.41. The second-order valence-corrected chi connectivity index (χ2v) is 6.38. The molecule has 28 heavy (non-hydrogen) atoms. The third-order valence-corrected chi connectivity index (χ3v) is 4.65. The predicted octanol–water partition coefficient (Wildman–Crippen LogP) is 3.36. The van der Waals surface area contributed by atoms with Crippen LogP contribution >= 0.6 is 24.0 Å². The fraction of sp³-hybridized carbons (Fsp3) is 0.579. The van der Waals surface area contributed by atoms with Gasteiger partial charge in [0.15, 0.2) is 5.96 Å². The van der Waals surface area contributed by atoms with Gasteiger partial charge in [0, 0.05) is 44.7 Å². The zero-order valence-electron chi connectivity index (χ0n) is 16.3. The number of benzene rings is 1. The summed E-state index contributed by atoms with van der Waals surface area (Å²) < 4.78 is 29.5. The van der Waals surface area contributed by atoms with Gasteiger partial charge in [0.1, 0.15) is 5.75 Å². The number of aliphatic imine (C=N–C) groups is 1. The average Bonchev–Trinajstić information content (AvgIpc) is 3.08. The Morgan fingerprint density at radius 3 is 2.68 bits per heavy atom. The molecular formula is C19H29F2IN4O2. The van der Waals surface area contributed by atoms with E-state index in [2.05, 4.69) is 27.3 Å². The molecule has 0 spiro atoms. The summed E-state index contributed by atoms with van der Waals surface area (Å²) in [6, 6.07) is 6.89. The molecule has 6 nitrogen and oxygen atoms in total. The lowest BCUT2D eigenvalue weighted by molar-refractivity contribution is -0.129. The van der Waals surface area contributed by atoms with Gasteiger partial charge in [-0.2, -0.15) is 8.78 Å². The van der Waals surface area contributed by atoms with E-state index in [0.717, 1.165) is 25.8 Å². The first-order valence-corrected chi connectivity index (χ1v) is 9.31. The fourth-order valence-corrected chi connectivity index (χ4v) is 3.25. The van der Waals surface area contributed by atoms with Crippen LogP contribution in [0.5, 0.6) is 5.75 Å². The Kier molecular flexibility index (Phi) is 11.1. The van der Waals surface area contributed by atoms with Gasteiger partial charge < -0.3 is 20.3 Å². The number of carbonyl (C=O) groups excluding carboxylic acids is 1. The zero-order chi connectivity index (χ0) is 19.6. The largest absolute Gasteiger partial charge is 0.434 e. The molecule has 1 atom stereocenters. The molecule has 0 bridgehead atoms. The summed E-state index contributed by atoms with van der Waals surface area (Å²) in [5.41, 5.74) is 0.620. The highest BCUT2D eigenvalue weighted by Gasteiger charge is 2.26. The summed E-state index contributed by atoms with van der Waals surface area (Å²) in [5.74, 6) is 0.957. The van der Waals surface area contributed by atoms with E-state index in [1.165, 1.54) is 6.07 Å². The highest BCUT2D eigenvalue weighted by Crippen LogP contribution is 2.20. The van der Waals surface area contributed by atoms with Crippen LogP contribution in [0.4, 0.5) is 8.78 Å². The number of likely N-dealkylation sites (tertiary alicyclic amines) is 1. The molecule has 1 unspecified atom stereocenters. The SMILES string of the molecule is CCC(CCNC(=NC)NCc1ccccc1OC(F)F)N1CCCC1=O.I. The topological polar surface area (TPSA) is 66.0 Å². The van der Waals surface area contributed by atoms with Crippen LogP contribution in [0.25, 0.3) is 0 Å². The quantitative estimate of drug-likeness (QED) is 0.304. The molecule has 1 saturated heterocycles. The third kappa shape index (κ3) is 7.40. The number of hydrogen-bond donors (Lipinski definition) is 2. The van der Waals surface area contributed by atoms with Gasteiger partial charge in [-0.05, 0) is 25.3 Å². The van der Waals surface area contributed by atoms with Gasteiger partial charge in [-0.25, -0.2) is 0 Å². The second-order valence-electron chi connectivity index (χ2n) is 6.38. The van der Waals surface area contributed by atoms with Crippen molar-refractivity contribution in [2.24, 2.45) is 4.99 Å². The van der Waals surface area contributed by atoms with Crippen LogP contribution in [0.3, 0.4) is 0 Å². The highest BCUT2D eigenvalue weighted by molar-refractivity contribution is 14.0. The lowest BCUT2D eigenvalue weighted by atomic mass is 10.1. The van der Waals surface area contributed by atoms with Crippen molar-refractivity contribution in [3.8, 4) is 5.75 Å². The number of hydrogen-bond acceptors (Lipinski definition) is 3. The molecule has 1 fully saturated rings. The van der Waals surface area contributed by atoms with Crippen molar-refractivity contribution in [3.05, 3.63) is 29.8 Å². The van der Waals surface area contributed by atoms with E-state index in [4.69, 9.17) is 0 Å². The smallest absolute Gasteiger partial charge is 0.387 e. The van der Waals surface area contributed by atoms with Crippen molar-refractivity contribution < 1.29 is 18.3 Å². The van der Waals surface area contributed by atoms with Crippen molar-refractivity contribution in [2.45, 2.75) is 51.8 Å². The molecule has 1 amide bonds. The number of amides is 1. The molecule has 1 aliphatic heterocycles. The summed E-state index contributed by atoms with van der Waals surface area (Å²) in [7, 11) is 1.65.